The second kappa shape index (κ2) is 10.9. The SMILES string of the molecule is Cc1ccccc1C1c2ccccc2CCN1CC(=O)N(CCc1cccnc1)C1Cc2ccccc2C1. The number of rotatable bonds is 7. The van der Waals surface area contributed by atoms with Gasteiger partial charge in [0.1, 0.15) is 0 Å². The number of aryl methyl sites for hydroxylation is 1. The van der Waals surface area contributed by atoms with E-state index in [-0.39, 0.29) is 18.0 Å². The first-order valence-corrected chi connectivity index (χ1v) is 13.8. The van der Waals surface area contributed by atoms with Gasteiger partial charge >= 0.3 is 0 Å². The highest BCUT2D eigenvalue weighted by Gasteiger charge is 2.34. The lowest BCUT2D eigenvalue weighted by Crippen LogP contribution is -2.49. The van der Waals surface area contributed by atoms with Crippen molar-refractivity contribution in [2.24, 2.45) is 0 Å². The molecule has 1 aliphatic heterocycles. The molecule has 0 N–H and O–H groups in total. The zero-order chi connectivity index (χ0) is 25.9. The Morgan fingerprint density at radius 2 is 1.55 bits per heavy atom. The van der Waals surface area contributed by atoms with E-state index in [1.807, 2.05) is 12.3 Å². The van der Waals surface area contributed by atoms with Crippen LogP contribution >= 0.6 is 0 Å². The zero-order valence-corrected chi connectivity index (χ0v) is 22.1. The topological polar surface area (TPSA) is 36.4 Å². The van der Waals surface area contributed by atoms with E-state index in [0.29, 0.717) is 13.1 Å². The minimum Gasteiger partial charge on any atom is -0.338 e. The monoisotopic (exact) mass is 501 g/mol. The minimum atomic E-state index is 0.0889. The van der Waals surface area contributed by atoms with Gasteiger partial charge in [0.15, 0.2) is 0 Å². The minimum absolute atomic E-state index is 0.0889. The molecule has 1 aromatic heterocycles. The van der Waals surface area contributed by atoms with Gasteiger partial charge in [0.05, 0.1) is 12.6 Å². The number of pyridine rings is 1. The number of carbonyl (C=O) groups is 1. The third-order valence-corrected chi connectivity index (χ3v) is 8.36. The molecule has 1 aliphatic carbocycles. The Morgan fingerprint density at radius 3 is 2.26 bits per heavy atom. The number of hydrogen-bond donors (Lipinski definition) is 0. The van der Waals surface area contributed by atoms with Crippen LogP contribution in [0.2, 0.25) is 0 Å². The van der Waals surface area contributed by atoms with Crippen LogP contribution in [0.5, 0.6) is 0 Å². The average molecular weight is 502 g/mol. The lowest BCUT2D eigenvalue weighted by Gasteiger charge is -2.39. The van der Waals surface area contributed by atoms with E-state index in [2.05, 4.69) is 101 Å². The molecule has 4 aromatic rings. The maximum Gasteiger partial charge on any atom is 0.237 e. The molecule has 0 fully saturated rings. The van der Waals surface area contributed by atoms with Crippen molar-refractivity contribution < 1.29 is 4.79 Å². The van der Waals surface area contributed by atoms with Gasteiger partial charge in [-0.3, -0.25) is 14.7 Å². The Balaban J connectivity index is 1.28. The largest absolute Gasteiger partial charge is 0.338 e. The maximum absolute atomic E-state index is 14.2. The molecule has 3 aromatic carbocycles. The summed E-state index contributed by atoms with van der Waals surface area (Å²) in [5.41, 5.74) is 9.21. The fourth-order valence-electron chi connectivity index (χ4n) is 6.37. The lowest BCUT2D eigenvalue weighted by atomic mass is 9.86. The normalized spacial score (nSPS) is 17.1. The van der Waals surface area contributed by atoms with Crippen molar-refractivity contribution in [3.63, 3.8) is 0 Å². The number of nitrogens with zero attached hydrogens (tertiary/aromatic N) is 3. The first-order valence-electron chi connectivity index (χ1n) is 13.8. The summed E-state index contributed by atoms with van der Waals surface area (Å²) in [6.07, 6.45) is 7.37. The van der Waals surface area contributed by atoms with E-state index in [9.17, 15) is 4.79 Å². The fourth-order valence-corrected chi connectivity index (χ4v) is 6.37. The zero-order valence-electron chi connectivity index (χ0n) is 22.1. The summed E-state index contributed by atoms with van der Waals surface area (Å²) < 4.78 is 0. The number of hydrogen-bond acceptors (Lipinski definition) is 3. The molecule has 1 amide bonds. The number of aromatic nitrogens is 1. The molecule has 0 bridgehead atoms. The summed E-state index contributed by atoms with van der Waals surface area (Å²) in [7, 11) is 0. The highest BCUT2D eigenvalue weighted by Crippen LogP contribution is 2.36. The highest BCUT2D eigenvalue weighted by atomic mass is 16.2. The van der Waals surface area contributed by atoms with Crippen LogP contribution < -0.4 is 0 Å². The molecule has 0 radical (unpaired) electrons. The van der Waals surface area contributed by atoms with Crippen molar-refractivity contribution in [3.8, 4) is 0 Å². The predicted octanol–water partition coefficient (Wildman–Crippen LogP) is 5.58. The van der Waals surface area contributed by atoms with Gasteiger partial charge in [0.2, 0.25) is 5.91 Å². The van der Waals surface area contributed by atoms with Crippen LogP contribution in [-0.4, -0.2) is 46.4 Å². The Labute approximate surface area is 226 Å². The first-order chi connectivity index (χ1) is 18.7. The van der Waals surface area contributed by atoms with Gasteiger partial charge in [-0.1, -0.05) is 78.9 Å². The molecule has 0 spiro atoms. The Bertz CT molecular complexity index is 1390. The van der Waals surface area contributed by atoms with Crippen molar-refractivity contribution >= 4 is 5.91 Å². The molecule has 192 valence electrons. The summed E-state index contributed by atoms with van der Waals surface area (Å²) in [6.45, 7) is 4.20. The van der Waals surface area contributed by atoms with Crippen molar-refractivity contribution in [2.75, 3.05) is 19.6 Å². The van der Waals surface area contributed by atoms with Crippen LogP contribution in [0, 0.1) is 6.92 Å². The van der Waals surface area contributed by atoms with E-state index in [1.165, 1.54) is 38.9 Å². The van der Waals surface area contributed by atoms with E-state index in [0.717, 1.165) is 32.2 Å². The maximum atomic E-state index is 14.2. The Kier molecular flexibility index (Phi) is 7.06. The second-order valence-corrected chi connectivity index (χ2v) is 10.7. The third-order valence-electron chi connectivity index (χ3n) is 8.36. The number of carbonyl (C=O) groups excluding carboxylic acids is 1. The predicted molar refractivity (Wildman–Crippen MR) is 152 cm³/mol. The van der Waals surface area contributed by atoms with Crippen molar-refractivity contribution in [3.05, 3.63) is 136 Å². The van der Waals surface area contributed by atoms with Crippen LogP contribution in [-0.2, 0) is 30.5 Å². The molecule has 1 atom stereocenters. The summed E-state index contributed by atoms with van der Waals surface area (Å²) >= 11 is 0. The van der Waals surface area contributed by atoms with Gasteiger partial charge in [-0.05, 0) is 77.6 Å². The summed E-state index contributed by atoms with van der Waals surface area (Å²) in [6, 6.07) is 30.4. The molecule has 0 saturated carbocycles. The molecule has 4 heteroatoms. The van der Waals surface area contributed by atoms with Gasteiger partial charge in [0, 0.05) is 31.5 Å². The van der Waals surface area contributed by atoms with E-state index in [1.54, 1.807) is 6.20 Å². The van der Waals surface area contributed by atoms with Crippen LogP contribution in [0.1, 0.15) is 45.0 Å². The van der Waals surface area contributed by atoms with E-state index in [4.69, 9.17) is 0 Å². The molecule has 6 rings (SSSR count). The summed E-state index contributed by atoms with van der Waals surface area (Å²) in [4.78, 5) is 23.1. The van der Waals surface area contributed by atoms with Gasteiger partial charge in [-0.2, -0.15) is 0 Å². The van der Waals surface area contributed by atoms with Crippen LogP contribution in [0.3, 0.4) is 0 Å². The molecule has 0 saturated heterocycles. The second-order valence-electron chi connectivity index (χ2n) is 10.7. The quantitative estimate of drug-likeness (QED) is 0.332. The summed E-state index contributed by atoms with van der Waals surface area (Å²) in [5, 5.41) is 0. The standard InChI is InChI=1S/C34H35N3O/c1-25-9-2-6-14-31(25)34-32-15-7-5-11-27(32)17-19-36(34)24-33(38)37(20-16-26-10-8-18-35-23-26)30-21-28-12-3-4-13-29(28)22-30/h2-15,18,23,30,34H,16-17,19-22,24H2,1H3. The van der Waals surface area contributed by atoms with Crippen molar-refractivity contribution in [2.45, 2.75) is 44.7 Å². The lowest BCUT2D eigenvalue weighted by molar-refractivity contribution is -0.135. The molecular formula is C34H35N3O. The van der Waals surface area contributed by atoms with E-state index < -0.39 is 0 Å². The first kappa shape index (κ1) is 24.6. The van der Waals surface area contributed by atoms with Crippen LogP contribution in [0.4, 0.5) is 0 Å². The highest BCUT2D eigenvalue weighted by molar-refractivity contribution is 5.79. The van der Waals surface area contributed by atoms with Gasteiger partial charge in [-0.15, -0.1) is 0 Å². The number of benzene rings is 3. The van der Waals surface area contributed by atoms with Crippen molar-refractivity contribution in [1.29, 1.82) is 0 Å². The van der Waals surface area contributed by atoms with E-state index >= 15 is 0 Å². The molecule has 2 aliphatic rings. The number of fused-ring (bicyclic) bond motifs is 2. The van der Waals surface area contributed by atoms with Gasteiger partial charge < -0.3 is 4.90 Å². The Hall–Kier alpha value is -3.76. The fraction of sp³-hybridized carbons (Fsp3) is 0.294. The third kappa shape index (κ3) is 5.01. The van der Waals surface area contributed by atoms with Crippen LogP contribution in [0.15, 0.2) is 97.3 Å². The molecule has 4 nitrogen and oxygen atoms in total. The number of amides is 1. The average Bonchev–Trinajstić information content (AvgIpc) is 3.38. The molecular weight excluding hydrogens is 466 g/mol. The molecule has 38 heavy (non-hydrogen) atoms. The summed E-state index contributed by atoms with van der Waals surface area (Å²) in [5.74, 6) is 0.227. The van der Waals surface area contributed by atoms with Gasteiger partial charge in [0.25, 0.3) is 0 Å². The van der Waals surface area contributed by atoms with Gasteiger partial charge in [-0.25, -0.2) is 0 Å². The smallest absolute Gasteiger partial charge is 0.237 e. The Morgan fingerprint density at radius 1 is 0.868 bits per heavy atom. The molecule has 1 unspecified atom stereocenters. The molecule has 2 heterocycles. The van der Waals surface area contributed by atoms with Crippen LogP contribution in [0.25, 0.3) is 0 Å². The van der Waals surface area contributed by atoms with Crippen molar-refractivity contribution in [1.82, 2.24) is 14.8 Å².